The molecule has 2 rings (SSSR count). The van der Waals surface area contributed by atoms with Crippen molar-refractivity contribution >= 4 is 0 Å². The second kappa shape index (κ2) is 7.25. The van der Waals surface area contributed by atoms with Crippen molar-refractivity contribution in [1.82, 2.24) is 15.1 Å². The van der Waals surface area contributed by atoms with Crippen LogP contribution in [0, 0.1) is 6.92 Å². The van der Waals surface area contributed by atoms with Gasteiger partial charge in [0.1, 0.15) is 11.5 Å². The minimum atomic E-state index is 0.691. The summed E-state index contributed by atoms with van der Waals surface area (Å²) in [6.07, 6.45) is 2.54. The van der Waals surface area contributed by atoms with Crippen molar-refractivity contribution in [3.63, 3.8) is 0 Å². The average Bonchev–Trinajstić information content (AvgIpc) is 2.79. The lowest BCUT2D eigenvalue weighted by atomic mass is 10.0. The molecule has 0 radical (unpaired) electrons. The van der Waals surface area contributed by atoms with Gasteiger partial charge in [-0.25, -0.2) is 0 Å². The van der Waals surface area contributed by atoms with Crippen LogP contribution in [-0.2, 0) is 13.1 Å². The Bertz CT molecular complexity index is 408. The summed E-state index contributed by atoms with van der Waals surface area (Å²) in [5.74, 6) is 2.16. The SMILES string of the molecule is CCN1CCC(N(C)Cc2cc(C)c(CNC)o2)CC1. The van der Waals surface area contributed by atoms with E-state index in [1.165, 1.54) is 38.0 Å². The molecule has 0 aliphatic carbocycles. The second-order valence-electron chi connectivity index (χ2n) is 5.93. The van der Waals surface area contributed by atoms with Crippen molar-refractivity contribution in [2.45, 2.75) is 45.8 Å². The molecule has 114 valence electrons. The number of aryl methyl sites for hydroxylation is 1. The van der Waals surface area contributed by atoms with E-state index in [2.05, 4.69) is 42.1 Å². The molecule has 1 aliphatic heterocycles. The zero-order valence-corrected chi connectivity index (χ0v) is 13.4. The van der Waals surface area contributed by atoms with E-state index in [0.717, 1.165) is 24.6 Å². The van der Waals surface area contributed by atoms with Gasteiger partial charge in [0.2, 0.25) is 0 Å². The van der Waals surface area contributed by atoms with E-state index in [9.17, 15) is 0 Å². The Morgan fingerprint density at radius 3 is 2.70 bits per heavy atom. The molecule has 2 heterocycles. The summed E-state index contributed by atoms with van der Waals surface area (Å²) in [6.45, 7) is 9.74. The number of furan rings is 1. The van der Waals surface area contributed by atoms with Gasteiger partial charge in [-0.05, 0) is 65.1 Å². The molecule has 1 aromatic heterocycles. The van der Waals surface area contributed by atoms with Crippen LogP contribution in [0.5, 0.6) is 0 Å². The highest BCUT2D eigenvalue weighted by Crippen LogP contribution is 2.20. The molecule has 0 unspecified atom stereocenters. The van der Waals surface area contributed by atoms with Gasteiger partial charge in [0, 0.05) is 6.04 Å². The Hall–Kier alpha value is -0.840. The molecule has 1 fully saturated rings. The zero-order valence-electron chi connectivity index (χ0n) is 13.4. The monoisotopic (exact) mass is 279 g/mol. The van der Waals surface area contributed by atoms with Crippen LogP contribution in [-0.4, -0.2) is 49.6 Å². The smallest absolute Gasteiger partial charge is 0.120 e. The summed E-state index contributed by atoms with van der Waals surface area (Å²) >= 11 is 0. The number of piperidine rings is 1. The molecule has 0 bridgehead atoms. The lowest BCUT2D eigenvalue weighted by Gasteiger charge is -2.35. The van der Waals surface area contributed by atoms with E-state index in [0.29, 0.717) is 6.04 Å². The van der Waals surface area contributed by atoms with Gasteiger partial charge in [-0.2, -0.15) is 0 Å². The van der Waals surface area contributed by atoms with Gasteiger partial charge in [-0.1, -0.05) is 6.92 Å². The minimum absolute atomic E-state index is 0.691. The maximum Gasteiger partial charge on any atom is 0.120 e. The normalized spacial score (nSPS) is 18.1. The highest BCUT2D eigenvalue weighted by molar-refractivity contribution is 5.20. The molecule has 1 N–H and O–H groups in total. The predicted molar refractivity (Wildman–Crippen MR) is 82.8 cm³/mol. The lowest BCUT2D eigenvalue weighted by molar-refractivity contribution is 0.121. The summed E-state index contributed by atoms with van der Waals surface area (Å²) in [5.41, 5.74) is 1.25. The zero-order chi connectivity index (χ0) is 14.5. The number of nitrogens with one attached hydrogen (secondary N) is 1. The maximum absolute atomic E-state index is 5.94. The largest absolute Gasteiger partial charge is 0.463 e. The van der Waals surface area contributed by atoms with E-state index in [1.807, 2.05) is 7.05 Å². The average molecular weight is 279 g/mol. The number of hydrogen-bond acceptors (Lipinski definition) is 4. The van der Waals surface area contributed by atoms with Crippen molar-refractivity contribution in [1.29, 1.82) is 0 Å². The fourth-order valence-corrected chi connectivity index (χ4v) is 3.06. The van der Waals surface area contributed by atoms with E-state index in [-0.39, 0.29) is 0 Å². The van der Waals surface area contributed by atoms with Crippen LogP contribution >= 0.6 is 0 Å². The molecule has 0 aromatic carbocycles. The Balaban J connectivity index is 1.88. The van der Waals surface area contributed by atoms with E-state index < -0.39 is 0 Å². The Morgan fingerprint density at radius 2 is 2.10 bits per heavy atom. The number of likely N-dealkylation sites (tertiary alicyclic amines) is 1. The molecule has 0 spiro atoms. The molecule has 1 aromatic rings. The number of hydrogen-bond donors (Lipinski definition) is 1. The Labute approximate surface area is 123 Å². The van der Waals surface area contributed by atoms with Gasteiger partial charge in [0.15, 0.2) is 0 Å². The predicted octanol–water partition coefficient (Wildman–Crippen LogP) is 2.22. The van der Waals surface area contributed by atoms with Crippen LogP contribution in [0.4, 0.5) is 0 Å². The van der Waals surface area contributed by atoms with Gasteiger partial charge < -0.3 is 14.6 Å². The summed E-state index contributed by atoms with van der Waals surface area (Å²) < 4.78 is 5.94. The van der Waals surface area contributed by atoms with Gasteiger partial charge in [-0.3, -0.25) is 4.90 Å². The molecule has 4 heteroatoms. The number of nitrogens with zero attached hydrogens (tertiary/aromatic N) is 2. The first kappa shape index (κ1) is 15.5. The highest BCUT2D eigenvalue weighted by Gasteiger charge is 2.22. The van der Waals surface area contributed by atoms with Crippen LogP contribution in [0.25, 0.3) is 0 Å². The van der Waals surface area contributed by atoms with Crippen LogP contribution in [0.15, 0.2) is 10.5 Å². The van der Waals surface area contributed by atoms with Crippen LogP contribution in [0.2, 0.25) is 0 Å². The quantitative estimate of drug-likeness (QED) is 0.865. The van der Waals surface area contributed by atoms with Crippen molar-refractivity contribution < 1.29 is 4.42 Å². The topological polar surface area (TPSA) is 31.6 Å². The summed E-state index contributed by atoms with van der Waals surface area (Å²) in [6, 6.07) is 2.88. The van der Waals surface area contributed by atoms with Gasteiger partial charge in [-0.15, -0.1) is 0 Å². The summed E-state index contributed by atoms with van der Waals surface area (Å²) in [5, 5.41) is 3.15. The third-order valence-corrected chi connectivity index (χ3v) is 4.44. The standard InChI is InChI=1S/C16H29N3O/c1-5-19-8-6-14(7-9-19)18(4)12-15-10-13(2)16(20-15)11-17-3/h10,14,17H,5-9,11-12H2,1-4H3. The first-order valence-corrected chi connectivity index (χ1v) is 7.79. The van der Waals surface area contributed by atoms with Crippen molar-refractivity contribution in [3.8, 4) is 0 Å². The Morgan fingerprint density at radius 1 is 1.40 bits per heavy atom. The molecule has 4 nitrogen and oxygen atoms in total. The van der Waals surface area contributed by atoms with Crippen LogP contribution < -0.4 is 5.32 Å². The number of rotatable bonds is 6. The molecule has 0 saturated carbocycles. The van der Waals surface area contributed by atoms with E-state index >= 15 is 0 Å². The first-order chi connectivity index (χ1) is 9.63. The maximum atomic E-state index is 5.94. The summed E-state index contributed by atoms with van der Waals surface area (Å²) in [7, 11) is 4.18. The molecule has 1 saturated heterocycles. The molecular weight excluding hydrogens is 250 g/mol. The van der Waals surface area contributed by atoms with Crippen molar-refractivity contribution in [3.05, 3.63) is 23.2 Å². The molecule has 20 heavy (non-hydrogen) atoms. The third-order valence-electron chi connectivity index (χ3n) is 4.44. The fraction of sp³-hybridized carbons (Fsp3) is 0.750. The van der Waals surface area contributed by atoms with Crippen molar-refractivity contribution in [2.24, 2.45) is 0 Å². The lowest BCUT2D eigenvalue weighted by Crippen LogP contribution is -2.42. The van der Waals surface area contributed by atoms with Gasteiger partial charge in [0.25, 0.3) is 0 Å². The molecule has 0 amide bonds. The third kappa shape index (κ3) is 3.84. The van der Waals surface area contributed by atoms with Crippen LogP contribution in [0.1, 0.15) is 36.8 Å². The van der Waals surface area contributed by atoms with Gasteiger partial charge >= 0.3 is 0 Å². The van der Waals surface area contributed by atoms with Gasteiger partial charge in [0.05, 0.1) is 13.1 Å². The first-order valence-electron chi connectivity index (χ1n) is 7.79. The fourth-order valence-electron chi connectivity index (χ4n) is 3.06. The van der Waals surface area contributed by atoms with E-state index in [1.54, 1.807) is 0 Å². The van der Waals surface area contributed by atoms with Crippen LogP contribution in [0.3, 0.4) is 0 Å². The molecule has 0 atom stereocenters. The molecule has 1 aliphatic rings. The highest BCUT2D eigenvalue weighted by atomic mass is 16.3. The minimum Gasteiger partial charge on any atom is -0.463 e. The summed E-state index contributed by atoms with van der Waals surface area (Å²) in [4.78, 5) is 4.99. The van der Waals surface area contributed by atoms with Crippen molar-refractivity contribution in [2.75, 3.05) is 33.7 Å². The Kier molecular flexibility index (Phi) is 5.64. The van der Waals surface area contributed by atoms with E-state index in [4.69, 9.17) is 4.42 Å². The second-order valence-corrected chi connectivity index (χ2v) is 5.93. The molecular formula is C16H29N3O.